The molecule has 3 heteroatoms. The van der Waals surface area contributed by atoms with E-state index in [0.29, 0.717) is 17.9 Å². The molecule has 1 fully saturated rings. The number of likely N-dealkylation sites (tertiary alicyclic amines) is 1. The van der Waals surface area contributed by atoms with Crippen molar-refractivity contribution in [2.45, 2.75) is 18.9 Å². The van der Waals surface area contributed by atoms with Crippen LogP contribution in [-0.2, 0) is 0 Å². The summed E-state index contributed by atoms with van der Waals surface area (Å²) in [5.74, 6) is 3.01. The van der Waals surface area contributed by atoms with Crippen molar-refractivity contribution >= 4 is 0 Å². The van der Waals surface area contributed by atoms with Crippen molar-refractivity contribution in [3.63, 3.8) is 0 Å². The maximum absolute atomic E-state index is 6.01. The maximum atomic E-state index is 6.01. The van der Waals surface area contributed by atoms with Crippen LogP contribution in [0.3, 0.4) is 0 Å². The summed E-state index contributed by atoms with van der Waals surface area (Å²) < 4.78 is 11.6. The summed E-state index contributed by atoms with van der Waals surface area (Å²) >= 11 is 0. The average molecular weight is 309 g/mol. The van der Waals surface area contributed by atoms with E-state index in [-0.39, 0.29) is 0 Å². The first kappa shape index (κ1) is 14.6. The average Bonchev–Trinajstić information content (AvgIpc) is 3.05. The second-order valence-electron chi connectivity index (χ2n) is 6.59. The first-order valence-corrected chi connectivity index (χ1v) is 8.36. The van der Waals surface area contributed by atoms with Crippen molar-refractivity contribution in [1.82, 2.24) is 4.90 Å². The highest BCUT2D eigenvalue weighted by Gasteiger charge is 2.41. The quantitative estimate of drug-likeness (QED) is 0.859. The van der Waals surface area contributed by atoms with E-state index >= 15 is 0 Å². The molecular formula is C20H23NO2. The lowest BCUT2D eigenvalue weighted by Crippen LogP contribution is -2.26. The number of methoxy groups -OCH3 is 1. The number of hydrogen-bond donors (Lipinski definition) is 0. The minimum Gasteiger partial charge on any atom is -0.496 e. The topological polar surface area (TPSA) is 21.7 Å². The van der Waals surface area contributed by atoms with Crippen LogP contribution in [0.1, 0.15) is 30.0 Å². The second-order valence-corrected chi connectivity index (χ2v) is 6.59. The first-order valence-electron chi connectivity index (χ1n) is 8.36. The van der Waals surface area contributed by atoms with E-state index in [9.17, 15) is 0 Å². The van der Waals surface area contributed by atoms with E-state index in [2.05, 4.69) is 48.2 Å². The number of hydrogen-bond acceptors (Lipinski definition) is 3. The van der Waals surface area contributed by atoms with Crippen LogP contribution in [0.2, 0.25) is 0 Å². The molecule has 2 aliphatic rings. The Morgan fingerprint density at radius 1 is 1.09 bits per heavy atom. The van der Waals surface area contributed by atoms with Crippen LogP contribution in [0.15, 0.2) is 48.5 Å². The number of benzene rings is 2. The van der Waals surface area contributed by atoms with E-state index in [1.807, 2.05) is 12.1 Å². The van der Waals surface area contributed by atoms with Gasteiger partial charge in [-0.25, -0.2) is 0 Å². The normalized spacial score (nSPS) is 24.4. The molecule has 0 aliphatic carbocycles. The second kappa shape index (κ2) is 5.89. The fourth-order valence-electron chi connectivity index (χ4n) is 4.05. The third-order valence-electron chi connectivity index (χ3n) is 5.37. The minimum atomic E-state index is 0.431. The molecular weight excluding hydrogens is 286 g/mol. The Morgan fingerprint density at radius 3 is 2.70 bits per heavy atom. The summed E-state index contributed by atoms with van der Waals surface area (Å²) in [4.78, 5) is 2.58. The number of fused-ring (bicyclic) bond motifs is 3. The zero-order valence-electron chi connectivity index (χ0n) is 13.7. The maximum Gasteiger partial charge on any atom is 0.126 e. The Kier molecular flexibility index (Phi) is 3.74. The Morgan fingerprint density at radius 2 is 1.91 bits per heavy atom. The fraction of sp³-hybridized carbons (Fsp3) is 0.400. The van der Waals surface area contributed by atoms with Crippen LogP contribution >= 0.6 is 0 Å². The van der Waals surface area contributed by atoms with Gasteiger partial charge in [0.15, 0.2) is 0 Å². The highest BCUT2D eigenvalue weighted by molar-refractivity contribution is 5.49. The van der Waals surface area contributed by atoms with Crippen molar-refractivity contribution in [1.29, 1.82) is 0 Å². The molecule has 2 aromatic carbocycles. The van der Waals surface area contributed by atoms with Gasteiger partial charge >= 0.3 is 0 Å². The van der Waals surface area contributed by atoms with E-state index in [1.54, 1.807) is 7.11 Å². The molecule has 0 spiro atoms. The molecule has 120 valence electrons. The van der Waals surface area contributed by atoms with Gasteiger partial charge in [-0.05, 0) is 24.6 Å². The Balaban J connectivity index is 1.62. The predicted octanol–water partition coefficient (Wildman–Crippen LogP) is 3.86. The van der Waals surface area contributed by atoms with Gasteiger partial charge in [-0.15, -0.1) is 0 Å². The molecule has 0 saturated carbocycles. The highest BCUT2D eigenvalue weighted by Crippen LogP contribution is 2.47. The van der Waals surface area contributed by atoms with E-state index in [0.717, 1.165) is 31.2 Å². The smallest absolute Gasteiger partial charge is 0.126 e. The van der Waals surface area contributed by atoms with Crippen LogP contribution < -0.4 is 9.47 Å². The first-order chi connectivity index (χ1) is 11.3. The van der Waals surface area contributed by atoms with Gasteiger partial charge in [0.2, 0.25) is 0 Å². The van der Waals surface area contributed by atoms with Gasteiger partial charge in [-0.3, -0.25) is 4.90 Å². The third-order valence-corrected chi connectivity index (χ3v) is 5.37. The van der Waals surface area contributed by atoms with Crippen LogP contribution in [0, 0.1) is 5.92 Å². The van der Waals surface area contributed by atoms with E-state index in [4.69, 9.17) is 9.47 Å². The molecule has 23 heavy (non-hydrogen) atoms. The van der Waals surface area contributed by atoms with Crippen molar-refractivity contribution < 1.29 is 9.47 Å². The van der Waals surface area contributed by atoms with Crippen LogP contribution in [0.4, 0.5) is 0 Å². The minimum absolute atomic E-state index is 0.431. The molecule has 0 bridgehead atoms. The fourth-order valence-corrected chi connectivity index (χ4v) is 4.05. The van der Waals surface area contributed by atoms with E-state index in [1.165, 1.54) is 11.1 Å². The summed E-state index contributed by atoms with van der Waals surface area (Å²) in [6, 6.07) is 17.3. The van der Waals surface area contributed by atoms with Crippen molar-refractivity contribution in [2.75, 3.05) is 26.8 Å². The third kappa shape index (κ3) is 2.49. The molecule has 0 N–H and O–H groups in total. The lowest BCUT2D eigenvalue weighted by molar-refractivity contribution is 0.201. The highest BCUT2D eigenvalue weighted by atomic mass is 16.5. The summed E-state index contributed by atoms with van der Waals surface area (Å²) in [5.41, 5.74) is 2.64. The van der Waals surface area contributed by atoms with Gasteiger partial charge in [-0.1, -0.05) is 36.4 Å². The molecule has 3 atom stereocenters. The Bertz CT molecular complexity index is 671. The van der Waals surface area contributed by atoms with Gasteiger partial charge in [-0.2, -0.15) is 0 Å². The summed E-state index contributed by atoms with van der Waals surface area (Å²) in [5, 5.41) is 0. The van der Waals surface area contributed by atoms with Gasteiger partial charge in [0, 0.05) is 36.5 Å². The van der Waals surface area contributed by atoms with Crippen LogP contribution in [0.25, 0.3) is 0 Å². The predicted molar refractivity (Wildman–Crippen MR) is 91.2 cm³/mol. The molecule has 2 heterocycles. The van der Waals surface area contributed by atoms with Gasteiger partial charge in [0.25, 0.3) is 0 Å². The van der Waals surface area contributed by atoms with Crippen molar-refractivity contribution in [2.24, 2.45) is 5.92 Å². The molecule has 0 amide bonds. The number of ether oxygens (including phenoxy) is 2. The number of rotatable bonds is 3. The SMILES string of the molecule is COc1cccc2c1[C@H]1CN([C@@H](C)c3ccccc3)C[C@H]1CO2. The van der Waals surface area contributed by atoms with Gasteiger partial charge in [0.1, 0.15) is 11.5 Å². The summed E-state index contributed by atoms with van der Waals surface area (Å²) in [7, 11) is 1.75. The Labute approximate surface area is 137 Å². The largest absolute Gasteiger partial charge is 0.496 e. The van der Waals surface area contributed by atoms with Crippen molar-refractivity contribution in [3.05, 3.63) is 59.7 Å². The van der Waals surface area contributed by atoms with Gasteiger partial charge in [0.05, 0.1) is 13.7 Å². The molecule has 2 aromatic rings. The molecule has 1 saturated heterocycles. The molecule has 2 aliphatic heterocycles. The summed E-state index contributed by atoms with van der Waals surface area (Å²) in [6.07, 6.45) is 0. The molecule has 3 nitrogen and oxygen atoms in total. The zero-order chi connectivity index (χ0) is 15.8. The lowest BCUT2D eigenvalue weighted by atomic mass is 9.86. The molecule has 0 unspecified atom stereocenters. The van der Waals surface area contributed by atoms with Crippen molar-refractivity contribution in [3.8, 4) is 11.5 Å². The Hall–Kier alpha value is -2.00. The standard InChI is InChI=1S/C20H23NO2/c1-14(15-7-4-3-5-8-15)21-11-16-13-23-19-10-6-9-18(22-2)20(19)17(16)12-21/h3-10,14,16-17H,11-13H2,1-2H3/t14-,16-,17-/m0/s1. The zero-order valence-corrected chi connectivity index (χ0v) is 13.7. The van der Waals surface area contributed by atoms with Crippen LogP contribution in [0.5, 0.6) is 11.5 Å². The number of nitrogens with zero attached hydrogens (tertiary/aromatic N) is 1. The van der Waals surface area contributed by atoms with Crippen LogP contribution in [-0.4, -0.2) is 31.7 Å². The van der Waals surface area contributed by atoms with Gasteiger partial charge < -0.3 is 9.47 Å². The molecule has 0 aromatic heterocycles. The summed E-state index contributed by atoms with van der Waals surface area (Å²) in [6.45, 7) is 5.26. The monoisotopic (exact) mass is 309 g/mol. The van der Waals surface area contributed by atoms with E-state index < -0.39 is 0 Å². The molecule has 4 rings (SSSR count). The molecule has 0 radical (unpaired) electrons. The lowest BCUT2D eigenvalue weighted by Gasteiger charge is -2.29.